The van der Waals surface area contributed by atoms with E-state index in [1.165, 1.54) is 19.2 Å². The number of rotatable bonds is 1. The minimum absolute atomic E-state index is 0.00407. The van der Waals surface area contributed by atoms with Gasteiger partial charge in [-0.3, -0.25) is 0 Å². The third-order valence-electron chi connectivity index (χ3n) is 1.52. The fourth-order valence-electron chi connectivity index (χ4n) is 0.853. The number of anilines is 1. The molecule has 0 saturated carbocycles. The summed E-state index contributed by atoms with van der Waals surface area (Å²) in [5.74, 6) is -0.896. The topological polar surface area (TPSA) is 72.5 Å². The Labute approximate surface area is 79.9 Å². The highest BCUT2D eigenvalue weighted by Gasteiger charge is 2.13. The van der Waals surface area contributed by atoms with Crippen LogP contribution in [0.2, 0.25) is 5.02 Å². The summed E-state index contributed by atoms with van der Waals surface area (Å²) >= 11 is 5.60. The molecule has 70 valence electrons. The molecule has 0 aliphatic rings. The first-order chi connectivity index (χ1) is 6.06. The monoisotopic (exact) mass is 201 g/mol. The van der Waals surface area contributed by atoms with Gasteiger partial charge in [0, 0.05) is 6.07 Å². The molecule has 0 aliphatic carbocycles. The van der Waals surface area contributed by atoms with Crippen LogP contribution in [0.1, 0.15) is 10.4 Å². The minimum Gasteiger partial charge on any atom is -0.507 e. The van der Waals surface area contributed by atoms with Crippen molar-refractivity contribution >= 4 is 23.3 Å². The molecule has 1 rings (SSSR count). The Morgan fingerprint density at radius 3 is 2.77 bits per heavy atom. The van der Waals surface area contributed by atoms with Gasteiger partial charge in [-0.25, -0.2) is 4.79 Å². The zero-order valence-electron chi connectivity index (χ0n) is 6.87. The van der Waals surface area contributed by atoms with Crippen molar-refractivity contribution in [2.24, 2.45) is 0 Å². The first-order valence-electron chi connectivity index (χ1n) is 3.42. The number of carbonyl (C=O) groups is 1. The van der Waals surface area contributed by atoms with Crippen molar-refractivity contribution in [2.45, 2.75) is 0 Å². The number of hydrogen-bond acceptors (Lipinski definition) is 4. The summed E-state index contributed by atoms with van der Waals surface area (Å²) in [4.78, 5) is 11.0. The van der Waals surface area contributed by atoms with Crippen LogP contribution in [0.4, 0.5) is 5.69 Å². The van der Waals surface area contributed by atoms with Crippen LogP contribution in [0, 0.1) is 0 Å². The van der Waals surface area contributed by atoms with E-state index in [1.54, 1.807) is 0 Å². The smallest absolute Gasteiger partial charge is 0.341 e. The molecule has 0 heterocycles. The summed E-state index contributed by atoms with van der Waals surface area (Å²) in [5, 5.41) is 9.48. The second-order valence-electron chi connectivity index (χ2n) is 2.38. The largest absolute Gasteiger partial charge is 0.507 e. The summed E-state index contributed by atoms with van der Waals surface area (Å²) in [6, 6.07) is 2.46. The molecular formula is C8H8ClNO3. The van der Waals surface area contributed by atoms with Gasteiger partial charge in [-0.15, -0.1) is 0 Å². The van der Waals surface area contributed by atoms with Crippen LogP contribution in [0.25, 0.3) is 0 Å². The fraction of sp³-hybridized carbons (Fsp3) is 0.125. The van der Waals surface area contributed by atoms with Gasteiger partial charge < -0.3 is 15.6 Å². The Kier molecular flexibility index (Phi) is 2.63. The molecule has 0 saturated heterocycles. The Morgan fingerprint density at radius 2 is 2.23 bits per heavy atom. The number of benzene rings is 1. The molecule has 3 N–H and O–H groups in total. The van der Waals surface area contributed by atoms with E-state index in [0.717, 1.165) is 0 Å². The summed E-state index contributed by atoms with van der Waals surface area (Å²) < 4.78 is 4.41. The van der Waals surface area contributed by atoms with Crippen LogP contribution >= 0.6 is 11.6 Å². The first kappa shape index (κ1) is 9.67. The number of phenols is 1. The zero-order valence-corrected chi connectivity index (χ0v) is 7.63. The number of nitrogen functional groups attached to an aromatic ring is 1. The summed E-state index contributed by atoms with van der Waals surface area (Å²) in [6.07, 6.45) is 0. The summed E-state index contributed by atoms with van der Waals surface area (Å²) in [5.41, 5.74) is 5.66. The highest BCUT2D eigenvalue weighted by molar-refractivity contribution is 6.33. The Hall–Kier alpha value is -1.42. The van der Waals surface area contributed by atoms with Crippen molar-refractivity contribution in [1.82, 2.24) is 0 Å². The highest BCUT2D eigenvalue weighted by Crippen LogP contribution is 2.28. The Bertz CT molecular complexity index is 351. The van der Waals surface area contributed by atoms with Crippen molar-refractivity contribution in [3.05, 3.63) is 22.7 Å². The Morgan fingerprint density at radius 1 is 1.62 bits per heavy atom. The predicted molar refractivity (Wildman–Crippen MR) is 48.9 cm³/mol. The van der Waals surface area contributed by atoms with Gasteiger partial charge in [0.25, 0.3) is 0 Å². The van der Waals surface area contributed by atoms with Crippen LogP contribution < -0.4 is 5.73 Å². The maximum atomic E-state index is 11.0. The number of aromatic hydroxyl groups is 1. The third kappa shape index (κ3) is 1.84. The van der Waals surface area contributed by atoms with Crippen LogP contribution in [-0.2, 0) is 4.74 Å². The molecule has 0 aromatic heterocycles. The highest BCUT2D eigenvalue weighted by atomic mass is 35.5. The van der Waals surface area contributed by atoms with Crippen LogP contribution in [0.3, 0.4) is 0 Å². The lowest BCUT2D eigenvalue weighted by Gasteiger charge is -2.04. The van der Waals surface area contributed by atoms with E-state index in [1.807, 2.05) is 0 Å². The molecule has 1 aromatic carbocycles. The van der Waals surface area contributed by atoms with E-state index in [0.29, 0.717) is 0 Å². The standard InChI is InChI=1S/C8H8ClNO3/c1-13-8(12)4-2-6(10)5(9)3-7(4)11/h2-3,11H,10H2,1H3. The van der Waals surface area contributed by atoms with Gasteiger partial charge in [0.1, 0.15) is 11.3 Å². The number of hydrogen-bond donors (Lipinski definition) is 2. The summed E-state index contributed by atoms with van der Waals surface area (Å²) in [6.45, 7) is 0. The normalized spacial score (nSPS) is 9.69. The SMILES string of the molecule is COC(=O)c1cc(N)c(Cl)cc1O. The van der Waals surface area contributed by atoms with Crippen molar-refractivity contribution in [3.63, 3.8) is 0 Å². The first-order valence-corrected chi connectivity index (χ1v) is 3.80. The van der Waals surface area contributed by atoms with Crippen LogP contribution in [-0.4, -0.2) is 18.2 Å². The van der Waals surface area contributed by atoms with Gasteiger partial charge in [-0.05, 0) is 6.07 Å². The average molecular weight is 202 g/mol. The molecule has 0 fully saturated rings. The van der Waals surface area contributed by atoms with Gasteiger partial charge in [0.05, 0.1) is 17.8 Å². The van der Waals surface area contributed by atoms with E-state index >= 15 is 0 Å². The minimum atomic E-state index is -0.652. The number of ether oxygens (including phenoxy) is 1. The van der Waals surface area contributed by atoms with Crippen molar-refractivity contribution in [1.29, 1.82) is 0 Å². The number of phenolic OH excluding ortho intramolecular Hbond substituents is 1. The third-order valence-corrected chi connectivity index (χ3v) is 1.85. The van der Waals surface area contributed by atoms with Crippen molar-refractivity contribution in [3.8, 4) is 5.75 Å². The maximum Gasteiger partial charge on any atom is 0.341 e. The van der Waals surface area contributed by atoms with E-state index in [2.05, 4.69) is 4.74 Å². The molecule has 0 atom stereocenters. The lowest BCUT2D eigenvalue weighted by molar-refractivity contribution is 0.0597. The predicted octanol–water partition coefficient (Wildman–Crippen LogP) is 1.41. The van der Waals surface area contributed by atoms with Gasteiger partial charge >= 0.3 is 5.97 Å². The van der Waals surface area contributed by atoms with Gasteiger partial charge in [-0.2, -0.15) is 0 Å². The molecule has 0 unspecified atom stereocenters. The molecule has 0 aliphatic heterocycles. The molecule has 0 radical (unpaired) electrons. The molecule has 1 aromatic rings. The van der Waals surface area contributed by atoms with Gasteiger partial charge in [0.2, 0.25) is 0 Å². The summed E-state index contributed by atoms with van der Waals surface area (Å²) in [7, 11) is 1.21. The molecule has 0 amide bonds. The second-order valence-corrected chi connectivity index (χ2v) is 2.79. The number of esters is 1. The number of nitrogens with two attached hydrogens (primary N) is 1. The molecule has 0 spiro atoms. The van der Waals surface area contributed by atoms with Gasteiger partial charge in [0.15, 0.2) is 0 Å². The van der Waals surface area contributed by atoms with E-state index in [-0.39, 0.29) is 22.0 Å². The fourth-order valence-corrected chi connectivity index (χ4v) is 1.01. The molecular weight excluding hydrogens is 194 g/mol. The van der Waals surface area contributed by atoms with Gasteiger partial charge in [-0.1, -0.05) is 11.6 Å². The van der Waals surface area contributed by atoms with E-state index in [4.69, 9.17) is 17.3 Å². The van der Waals surface area contributed by atoms with Crippen molar-refractivity contribution in [2.75, 3.05) is 12.8 Å². The quantitative estimate of drug-likeness (QED) is 0.409. The van der Waals surface area contributed by atoms with E-state index < -0.39 is 5.97 Å². The van der Waals surface area contributed by atoms with Crippen LogP contribution in [0.15, 0.2) is 12.1 Å². The molecule has 4 nitrogen and oxygen atoms in total. The lowest BCUT2D eigenvalue weighted by Crippen LogP contribution is -2.02. The van der Waals surface area contributed by atoms with E-state index in [9.17, 15) is 9.90 Å². The number of methoxy groups -OCH3 is 1. The average Bonchev–Trinajstić information content (AvgIpc) is 2.10. The van der Waals surface area contributed by atoms with Crippen LogP contribution in [0.5, 0.6) is 5.75 Å². The molecule has 13 heavy (non-hydrogen) atoms. The number of halogens is 1. The Balaban J connectivity index is 3.23. The lowest BCUT2D eigenvalue weighted by atomic mass is 10.2. The second kappa shape index (κ2) is 3.53. The molecule has 5 heteroatoms. The zero-order chi connectivity index (χ0) is 10.0. The molecule has 0 bridgehead atoms. The number of carbonyl (C=O) groups excluding carboxylic acids is 1. The van der Waals surface area contributed by atoms with Crippen molar-refractivity contribution < 1.29 is 14.6 Å². The maximum absolute atomic E-state index is 11.0.